The molecule has 0 radical (unpaired) electrons. The van der Waals surface area contributed by atoms with Crippen molar-refractivity contribution in [3.63, 3.8) is 0 Å². The second-order valence-corrected chi connectivity index (χ2v) is 3.93. The lowest BCUT2D eigenvalue weighted by Crippen LogP contribution is -1.92. The van der Waals surface area contributed by atoms with Crippen LogP contribution in [0.25, 0.3) is 0 Å². The summed E-state index contributed by atoms with van der Waals surface area (Å²) in [4.78, 5) is 0. The summed E-state index contributed by atoms with van der Waals surface area (Å²) in [5, 5.41) is 0.901. The Morgan fingerprint density at radius 1 is 1.21 bits per heavy atom. The van der Waals surface area contributed by atoms with Gasteiger partial charge < -0.3 is 0 Å². The lowest BCUT2D eigenvalue weighted by molar-refractivity contribution is 0.587. The van der Waals surface area contributed by atoms with E-state index in [-0.39, 0.29) is 0 Å². The van der Waals surface area contributed by atoms with Gasteiger partial charge in [-0.2, -0.15) is 0 Å². The third-order valence-electron chi connectivity index (χ3n) is 1.95. The third-order valence-corrected chi connectivity index (χ3v) is 2.32. The summed E-state index contributed by atoms with van der Waals surface area (Å²) >= 11 is 6.01. The Morgan fingerprint density at radius 3 is 2.29 bits per heavy atom. The van der Waals surface area contributed by atoms with Crippen LogP contribution >= 0.6 is 11.6 Å². The second kappa shape index (κ2) is 7.47. The average molecular weight is 209 g/mol. The summed E-state index contributed by atoms with van der Waals surface area (Å²) in [6, 6.07) is 8.07. The Kier molecular flexibility index (Phi) is 6.98. The quantitative estimate of drug-likeness (QED) is 0.654. The van der Waals surface area contributed by atoms with Crippen LogP contribution in [-0.2, 0) is 6.42 Å². The predicted octanol–water partition coefficient (Wildman–Crippen LogP) is 4.18. The molecule has 0 spiro atoms. The van der Waals surface area contributed by atoms with Crippen molar-refractivity contribution in [3.05, 3.63) is 34.9 Å². The van der Waals surface area contributed by atoms with E-state index in [4.69, 9.17) is 11.6 Å². The van der Waals surface area contributed by atoms with Crippen LogP contribution in [-0.4, -0.2) is 0 Å². The highest BCUT2D eigenvalue weighted by Gasteiger charge is 1.99. The molecule has 0 aliphatic rings. The van der Waals surface area contributed by atoms with Crippen molar-refractivity contribution in [1.82, 2.24) is 0 Å². The van der Waals surface area contributed by atoms with Gasteiger partial charge in [0.15, 0.2) is 0 Å². The Hall–Kier alpha value is -0.930. The van der Waals surface area contributed by atoms with Gasteiger partial charge in [0.2, 0.25) is 0 Å². The molecule has 0 saturated carbocycles. The van der Waals surface area contributed by atoms with Crippen molar-refractivity contribution in [2.75, 3.05) is 0 Å². The van der Waals surface area contributed by atoms with Gasteiger partial charge in [0.25, 0.3) is 0 Å². The summed E-state index contributed by atoms with van der Waals surface area (Å²) < 4.78 is 0. The number of aryl methyl sites for hydroxylation is 1. The summed E-state index contributed by atoms with van der Waals surface area (Å²) in [6.45, 7) is 4.47. The number of hydrogen-bond acceptors (Lipinski definition) is 0. The fourth-order valence-electron chi connectivity index (χ4n) is 1.15. The van der Waals surface area contributed by atoms with E-state index in [0.29, 0.717) is 0 Å². The zero-order valence-corrected chi connectivity index (χ0v) is 9.59. The van der Waals surface area contributed by atoms with Crippen molar-refractivity contribution in [1.29, 1.82) is 0 Å². The fraction of sp³-hybridized carbons (Fsp3) is 0.385. The van der Waals surface area contributed by atoms with Gasteiger partial charge in [-0.3, -0.25) is 0 Å². The first-order valence-corrected chi connectivity index (χ1v) is 5.14. The second-order valence-electron chi connectivity index (χ2n) is 3.52. The largest absolute Gasteiger partial charge is 0.124 e. The Bertz CT molecular complexity index is 274. The molecule has 1 aromatic rings. The lowest BCUT2D eigenvalue weighted by Gasteiger charge is -2.05. The molecule has 1 rings (SSSR count). The van der Waals surface area contributed by atoms with Gasteiger partial charge >= 0.3 is 0 Å². The maximum Gasteiger partial charge on any atom is 0.0437 e. The van der Waals surface area contributed by atoms with Gasteiger partial charge in [0, 0.05) is 5.02 Å². The maximum absolute atomic E-state index is 6.01. The van der Waals surface area contributed by atoms with Crippen molar-refractivity contribution in [2.45, 2.75) is 26.7 Å². The zero-order chi connectivity index (χ0) is 11.0. The third kappa shape index (κ3) is 4.94. The maximum atomic E-state index is 6.01. The highest BCUT2D eigenvalue weighted by molar-refractivity contribution is 6.31. The normalized spacial score (nSPS) is 9.29. The molecule has 14 heavy (non-hydrogen) atoms. The number of rotatable bonds is 3. The van der Waals surface area contributed by atoms with E-state index < -0.39 is 0 Å². The van der Waals surface area contributed by atoms with E-state index in [0.717, 1.165) is 17.4 Å². The molecule has 0 fully saturated rings. The molecule has 0 aliphatic heterocycles. The molecular weight excluding hydrogens is 192 g/mol. The van der Waals surface area contributed by atoms with Crippen LogP contribution in [0.2, 0.25) is 5.02 Å². The first-order chi connectivity index (χ1) is 6.70. The van der Waals surface area contributed by atoms with Crippen LogP contribution in [0.5, 0.6) is 0 Å². The van der Waals surface area contributed by atoms with Crippen LogP contribution in [0.15, 0.2) is 24.3 Å². The Balaban J connectivity index is 0.000000791. The molecule has 1 aromatic carbocycles. The van der Waals surface area contributed by atoms with Gasteiger partial charge in [-0.25, -0.2) is 0 Å². The SMILES string of the molecule is C#C.CC(C)CCc1ccccc1Cl. The molecule has 0 heterocycles. The lowest BCUT2D eigenvalue weighted by atomic mass is 10.0. The Labute approximate surface area is 92.3 Å². The number of terminal acetylenes is 1. The average Bonchev–Trinajstić information content (AvgIpc) is 2.19. The van der Waals surface area contributed by atoms with Crippen molar-refractivity contribution < 1.29 is 0 Å². The molecule has 0 unspecified atom stereocenters. The van der Waals surface area contributed by atoms with Crippen LogP contribution < -0.4 is 0 Å². The number of halogens is 1. The summed E-state index contributed by atoms with van der Waals surface area (Å²) in [7, 11) is 0. The topological polar surface area (TPSA) is 0 Å². The fourth-order valence-corrected chi connectivity index (χ4v) is 1.38. The summed E-state index contributed by atoms with van der Waals surface area (Å²) in [6.07, 6.45) is 10.3. The first kappa shape index (κ1) is 13.1. The van der Waals surface area contributed by atoms with E-state index in [1.165, 1.54) is 12.0 Å². The van der Waals surface area contributed by atoms with Crippen molar-refractivity contribution in [3.8, 4) is 12.8 Å². The molecule has 0 nitrogen and oxygen atoms in total. The van der Waals surface area contributed by atoms with Crippen molar-refractivity contribution in [2.24, 2.45) is 5.92 Å². The minimum absolute atomic E-state index is 0.751. The van der Waals surface area contributed by atoms with Crippen LogP contribution in [0.3, 0.4) is 0 Å². The van der Waals surface area contributed by atoms with Crippen LogP contribution in [0, 0.1) is 18.8 Å². The molecule has 76 valence electrons. The van der Waals surface area contributed by atoms with E-state index in [2.05, 4.69) is 32.8 Å². The smallest absolute Gasteiger partial charge is 0.0437 e. The minimum atomic E-state index is 0.751. The molecule has 0 amide bonds. The monoisotopic (exact) mass is 208 g/mol. The standard InChI is InChI=1S/C11H15Cl.C2H2/c1-9(2)7-8-10-5-3-4-6-11(10)12;1-2/h3-6,9H,7-8H2,1-2H3;1-2H. The number of hydrogen-bond donors (Lipinski definition) is 0. The van der Waals surface area contributed by atoms with Gasteiger partial charge in [-0.15, -0.1) is 12.8 Å². The first-order valence-electron chi connectivity index (χ1n) is 4.77. The van der Waals surface area contributed by atoms with E-state index >= 15 is 0 Å². The summed E-state index contributed by atoms with van der Waals surface area (Å²) in [5.74, 6) is 0.751. The highest BCUT2D eigenvalue weighted by atomic mass is 35.5. The summed E-state index contributed by atoms with van der Waals surface area (Å²) in [5.41, 5.74) is 1.27. The molecule has 1 heteroatoms. The van der Waals surface area contributed by atoms with E-state index in [9.17, 15) is 0 Å². The molecule has 0 aliphatic carbocycles. The molecule has 0 aromatic heterocycles. The van der Waals surface area contributed by atoms with E-state index in [1.807, 2.05) is 18.2 Å². The predicted molar refractivity (Wildman–Crippen MR) is 64.5 cm³/mol. The highest BCUT2D eigenvalue weighted by Crippen LogP contribution is 2.18. The molecule has 0 bridgehead atoms. The molecule has 0 N–H and O–H groups in total. The molecule has 0 saturated heterocycles. The van der Waals surface area contributed by atoms with Crippen LogP contribution in [0.1, 0.15) is 25.8 Å². The van der Waals surface area contributed by atoms with E-state index in [1.54, 1.807) is 0 Å². The molecular formula is C13H17Cl. The van der Waals surface area contributed by atoms with Crippen LogP contribution in [0.4, 0.5) is 0 Å². The van der Waals surface area contributed by atoms with Gasteiger partial charge in [0.05, 0.1) is 0 Å². The van der Waals surface area contributed by atoms with Gasteiger partial charge in [0.1, 0.15) is 0 Å². The van der Waals surface area contributed by atoms with Gasteiger partial charge in [-0.05, 0) is 30.4 Å². The number of benzene rings is 1. The Morgan fingerprint density at radius 2 is 1.79 bits per heavy atom. The van der Waals surface area contributed by atoms with Gasteiger partial charge in [-0.1, -0.05) is 43.6 Å². The van der Waals surface area contributed by atoms with Crippen molar-refractivity contribution >= 4 is 11.6 Å². The molecule has 0 atom stereocenters. The zero-order valence-electron chi connectivity index (χ0n) is 8.83. The minimum Gasteiger partial charge on any atom is -0.124 e.